The highest BCUT2D eigenvalue weighted by Crippen LogP contribution is 2.35. The second-order valence-electron chi connectivity index (χ2n) is 12.3. The lowest BCUT2D eigenvalue weighted by Crippen LogP contribution is -2.27. The summed E-state index contributed by atoms with van der Waals surface area (Å²) in [6.07, 6.45) is 13.6. The van der Waals surface area contributed by atoms with Crippen molar-refractivity contribution in [3.63, 3.8) is 0 Å². The first-order chi connectivity index (χ1) is 22.6. The lowest BCUT2D eigenvalue weighted by Gasteiger charge is -2.29. The van der Waals surface area contributed by atoms with Crippen molar-refractivity contribution in [3.8, 4) is 11.5 Å². The van der Waals surface area contributed by atoms with Gasteiger partial charge in [0.1, 0.15) is 60.0 Å². The summed E-state index contributed by atoms with van der Waals surface area (Å²) < 4.78 is 34.4. The van der Waals surface area contributed by atoms with Crippen LogP contribution in [0.1, 0.15) is 64.2 Å². The quantitative estimate of drug-likeness (QED) is 0.131. The van der Waals surface area contributed by atoms with Crippen LogP contribution in [0.5, 0.6) is 11.5 Å². The smallest absolute Gasteiger partial charge is 0.494 e. The molecule has 2 aromatic carbocycles. The molecular formula is C34H44N6O5P+. The Kier molecular flexibility index (Phi) is 11.1. The molecule has 2 fully saturated rings. The van der Waals surface area contributed by atoms with Gasteiger partial charge in [-0.2, -0.15) is 0 Å². The molecule has 0 aliphatic heterocycles. The summed E-state index contributed by atoms with van der Waals surface area (Å²) in [5.74, 6) is 4.34. The summed E-state index contributed by atoms with van der Waals surface area (Å²) in [7, 11) is 1.23. The van der Waals surface area contributed by atoms with Crippen LogP contribution in [0, 0.1) is 11.8 Å². The Morgan fingerprint density at radius 1 is 0.652 bits per heavy atom. The van der Waals surface area contributed by atoms with Gasteiger partial charge >= 0.3 is 8.25 Å². The predicted molar refractivity (Wildman–Crippen MR) is 180 cm³/mol. The molecule has 2 aliphatic carbocycles. The molecule has 244 valence electrons. The summed E-state index contributed by atoms with van der Waals surface area (Å²) in [4.78, 5) is 17.8. The molecule has 46 heavy (non-hydrogen) atoms. The fourth-order valence-corrected chi connectivity index (χ4v) is 7.47. The number of benzene rings is 2. The molecule has 12 heteroatoms. The SMILES string of the molecule is COc1cccc2c(NC3CCC(CCO[P+](=O)OCCC4CCC(Nc5ncnc6c(OC)cccc56)CC4)CC3)ncnc12. The topological polar surface area (TPSA) is 130 Å². The van der Waals surface area contributed by atoms with E-state index in [0.29, 0.717) is 37.1 Å². The van der Waals surface area contributed by atoms with E-state index in [1.807, 2.05) is 36.4 Å². The number of hydrogen-bond donors (Lipinski definition) is 2. The van der Waals surface area contributed by atoms with E-state index in [1.54, 1.807) is 26.9 Å². The van der Waals surface area contributed by atoms with E-state index in [-0.39, 0.29) is 0 Å². The first-order valence-electron chi connectivity index (χ1n) is 16.4. The average molecular weight is 648 g/mol. The lowest BCUT2D eigenvalue weighted by molar-refractivity contribution is 0.185. The summed E-state index contributed by atoms with van der Waals surface area (Å²) in [5, 5.41) is 9.20. The molecule has 0 bridgehead atoms. The molecule has 0 radical (unpaired) electrons. The average Bonchev–Trinajstić information content (AvgIpc) is 3.09. The van der Waals surface area contributed by atoms with Crippen molar-refractivity contribution in [1.82, 2.24) is 19.9 Å². The fourth-order valence-electron chi connectivity index (χ4n) is 6.88. The minimum absolute atomic E-state index is 0.364. The molecule has 2 aliphatic rings. The number of fused-ring (bicyclic) bond motifs is 2. The highest BCUT2D eigenvalue weighted by atomic mass is 31.1. The Hall–Kier alpha value is -3.66. The highest BCUT2D eigenvalue weighted by Gasteiger charge is 2.27. The normalized spacial score (nSPS) is 22.0. The fraction of sp³-hybridized carbons (Fsp3) is 0.529. The Morgan fingerprint density at radius 2 is 1.09 bits per heavy atom. The van der Waals surface area contributed by atoms with E-state index in [0.717, 1.165) is 109 Å². The maximum atomic E-state index is 12.4. The number of anilines is 2. The monoisotopic (exact) mass is 647 g/mol. The maximum absolute atomic E-state index is 12.4. The third kappa shape index (κ3) is 8.00. The van der Waals surface area contributed by atoms with E-state index in [1.165, 1.54) is 0 Å². The molecule has 0 atom stereocenters. The summed E-state index contributed by atoms with van der Waals surface area (Å²) in [5.41, 5.74) is 1.64. The van der Waals surface area contributed by atoms with E-state index >= 15 is 0 Å². The molecule has 2 N–H and O–H groups in total. The van der Waals surface area contributed by atoms with Gasteiger partial charge in [0.2, 0.25) is 0 Å². The molecule has 11 nitrogen and oxygen atoms in total. The number of hydrogen-bond acceptors (Lipinski definition) is 11. The van der Waals surface area contributed by atoms with Crippen LogP contribution in [0.25, 0.3) is 21.8 Å². The molecular weight excluding hydrogens is 603 g/mol. The second kappa shape index (κ2) is 15.8. The van der Waals surface area contributed by atoms with E-state index in [4.69, 9.17) is 18.5 Å². The molecule has 2 saturated carbocycles. The summed E-state index contributed by atoms with van der Waals surface area (Å²) in [6.45, 7) is 0.934. The number of nitrogens with one attached hydrogen (secondary N) is 2. The van der Waals surface area contributed by atoms with Gasteiger partial charge in [0.05, 0.1) is 14.2 Å². The van der Waals surface area contributed by atoms with E-state index in [9.17, 15) is 4.57 Å². The summed E-state index contributed by atoms with van der Waals surface area (Å²) >= 11 is 0. The largest absolute Gasteiger partial charge is 0.697 e. The highest BCUT2D eigenvalue weighted by molar-refractivity contribution is 7.33. The number of aromatic nitrogens is 4. The first kappa shape index (κ1) is 32.3. The van der Waals surface area contributed by atoms with E-state index < -0.39 is 8.25 Å². The molecule has 2 heterocycles. The van der Waals surface area contributed by atoms with Gasteiger partial charge in [0.15, 0.2) is 0 Å². The van der Waals surface area contributed by atoms with Gasteiger partial charge in [-0.3, -0.25) is 0 Å². The molecule has 6 rings (SSSR count). The van der Waals surface area contributed by atoms with Crippen LogP contribution in [-0.2, 0) is 13.6 Å². The molecule has 0 spiro atoms. The van der Waals surface area contributed by atoms with Gasteiger partial charge in [-0.05, 0) is 100 Å². The third-order valence-corrected chi connectivity index (χ3v) is 10.3. The van der Waals surface area contributed by atoms with Crippen LogP contribution in [0.4, 0.5) is 11.6 Å². The minimum Gasteiger partial charge on any atom is -0.494 e. The molecule has 0 unspecified atom stereocenters. The van der Waals surface area contributed by atoms with Gasteiger partial charge in [-0.1, -0.05) is 12.1 Å². The van der Waals surface area contributed by atoms with Crippen LogP contribution in [0.2, 0.25) is 0 Å². The van der Waals surface area contributed by atoms with Crippen molar-refractivity contribution >= 4 is 41.7 Å². The van der Waals surface area contributed by atoms with Crippen LogP contribution >= 0.6 is 8.25 Å². The van der Waals surface area contributed by atoms with Gasteiger partial charge in [0.25, 0.3) is 0 Å². The van der Waals surface area contributed by atoms with Crippen LogP contribution in [-0.4, -0.2) is 59.5 Å². The summed E-state index contributed by atoms with van der Waals surface area (Å²) in [6, 6.07) is 12.5. The number of methoxy groups -OCH3 is 2. The van der Waals surface area contributed by atoms with Crippen molar-refractivity contribution in [3.05, 3.63) is 49.1 Å². The van der Waals surface area contributed by atoms with Crippen molar-refractivity contribution in [1.29, 1.82) is 0 Å². The predicted octanol–water partition coefficient (Wildman–Crippen LogP) is 7.70. The van der Waals surface area contributed by atoms with Crippen LogP contribution in [0.15, 0.2) is 49.1 Å². The zero-order valence-corrected chi connectivity index (χ0v) is 27.6. The molecule has 0 saturated heterocycles. The van der Waals surface area contributed by atoms with Crippen molar-refractivity contribution < 1.29 is 23.1 Å². The standard InChI is InChI=1S/C34H44N6O5P/c1-42-29-7-3-5-27-31(29)35-21-37-33(27)39-25-13-9-23(10-14-25)17-19-44-46(41)45-20-18-24-11-15-26(16-12-24)40-34-28-6-4-8-30(43-2)32(28)36-22-38-34/h3-8,21-26H,9-20H2,1-2H3,(H,35,37,39)(H,36,38,40)/q+1. The van der Waals surface area contributed by atoms with Gasteiger partial charge < -0.3 is 20.1 Å². The Bertz CT molecular complexity index is 1490. The van der Waals surface area contributed by atoms with Crippen LogP contribution in [0.3, 0.4) is 0 Å². The molecule has 4 aromatic rings. The first-order valence-corrected chi connectivity index (χ1v) is 17.5. The second-order valence-corrected chi connectivity index (χ2v) is 13.3. The van der Waals surface area contributed by atoms with Gasteiger partial charge in [-0.25, -0.2) is 19.9 Å². The Balaban J connectivity index is 0.843. The number of para-hydroxylation sites is 2. The number of ether oxygens (including phenoxy) is 2. The third-order valence-electron chi connectivity index (χ3n) is 9.52. The van der Waals surface area contributed by atoms with Gasteiger partial charge in [-0.15, -0.1) is 9.05 Å². The van der Waals surface area contributed by atoms with Crippen molar-refractivity contribution in [2.75, 3.05) is 38.1 Å². The number of nitrogens with zero attached hydrogens (tertiary/aromatic N) is 4. The Morgan fingerprint density at radius 3 is 1.50 bits per heavy atom. The molecule has 2 aromatic heterocycles. The Labute approximate surface area is 271 Å². The maximum Gasteiger partial charge on any atom is 0.697 e. The van der Waals surface area contributed by atoms with E-state index in [2.05, 4.69) is 30.6 Å². The molecule has 0 amide bonds. The zero-order chi connectivity index (χ0) is 31.7. The van der Waals surface area contributed by atoms with Gasteiger partial charge in [0, 0.05) is 27.4 Å². The minimum atomic E-state index is -2.09. The van der Waals surface area contributed by atoms with Crippen molar-refractivity contribution in [2.45, 2.75) is 76.3 Å². The zero-order valence-electron chi connectivity index (χ0n) is 26.7. The van der Waals surface area contributed by atoms with Crippen LogP contribution < -0.4 is 20.1 Å². The number of rotatable bonds is 14. The lowest BCUT2D eigenvalue weighted by atomic mass is 9.84. The van der Waals surface area contributed by atoms with Crippen molar-refractivity contribution in [2.24, 2.45) is 11.8 Å².